The van der Waals surface area contributed by atoms with Crippen molar-refractivity contribution in [2.75, 3.05) is 0 Å². The summed E-state index contributed by atoms with van der Waals surface area (Å²) in [5, 5.41) is 10.6. The molecule has 1 aromatic carbocycles. The summed E-state index contributed by atoms with van der Waals surface area (Å²) in [4.78, 5) is 12.3. The normalized spacial score (nSPS) is 30.6. The fourth-order valence-electron chi connectivity index (χ4n) is 4.04. The number of hydrogen-bond acceptors (Lipinski definition) is 3. The Kier molecular flexibility index (Phi) is 4.47. The van der Waals surface area contributed by atoms with Crippen LogP contribution in [0.3, 0.4) is 0 Å². The van der Waals surface area contributed by atoms with Crippen LogP contribution in [-0.4, -0.2) is 16.9 Å². The van der Waals surface area contributed by atoms with Crippen molar-refractivity contribution in [2.24, 2.45) is 11.8 Å². The van der Waals surface area contributed by atoms with Crippen molar-refractivity contribution >= 4 is 11.5 Å². The van der Waals surface area contributed by atoms with Gasteiger partial charge >= 0.3 is 5.97 Å². The second kappa shape index (κ2) is 6.28. The highest BCUT2D eigenvalue weighted by molar-refractivity contribution is 6.20. The Labute approximate surface area is 140 Å². The predicted molar refractivity (Wildman–Crippen MR) is 85.7 cm³/mol. The van der Waals surface area contributed by atoms with Gasteiger partial charge in [-0.2, -0.15) is 0 Å². The zero-order valence-corrected chi connectivity index (χ0v) is 13.9. The Bertz CT molecular complexity index is 666. The summed E-state index contributed by atoms with van der Waals surface area (Å²) in [5.41, 5.74) is -0.213. The van der Waals surface area contributed by atoms with Gasteiger partial charge in [0.2, 0.25) is 5.79 Å². The molecule has 0 spiro atoms. The molecule has 0 radical (unpaired) electrons. The molecule has 1 N–H and O–H groups in total. The van der Waals surface area contributed by atoms with Crippen LogP contribution in [0.15, 0.2) is 23.8 Å². The third-order valence-corrected chi connectivity index (χ3v) is 5.31. The Morgan fingerprint density at radius 1 is 1.21 bits per heavy atom. The molecule has 1 aromatic rings. The Morgan fingerprint density at radius 2 is 1.79 bits per heavy atom. The maximum atomic E-state index is 14.2. The van der Waals surface area contributed by atoms with Crippen molar-refractivity contribution in [2.45, 2.75) is 51.7 Å². The van der Waals surface area contributed by atoms with E-state index in [-0.39, 0.29) is 11.5 Å². The lowest BCUT2D eigenvalue weighted by Gasteiger charge is -2.32. The molecule has 1 fully saturated rings. The Hall–Kier alpha value is -1.75. The molecule has 1 aliphatic heterocycles. The van der Waals surface area contributed by atoms with Crippen LogP contribution in [0.5, 0.6) is 0 Å². The van der Waals surface area contributed by atoms with E-state index in [4.69, 9.17) is 4.74 Å². The van der Waals surface area contributed by atoms with Crippen LogP contribution in [-0.2, 0) is 9.53 Å². The first-order valence-electron chi connectivity index (χ1n) is 8.49. The van der Waals surface area contributed by atoms with Gasteiger partial charge in [-0.3, -0.25) is 0 Å². The van der Waals surface area contributed by atoms with E-state index in [1.165, 1.54) is 13.0 Å². The van der Waals surface area contributed by atoms with Crippen LogP contribution in [0.2, 0.25) is 0 Å². The number of halogens is 2. The third kappa shape index (κ3) is 2.86. The lowest BCUT2D eigenvalue weighted by molar-refractivity contribution is -0.176. The van der Waals surface area contributed by atoms with E-state index in [9.17, 15) is 18.7 Å². The van der Waals surface area contributed by atoms with Crippen molar-refractivity contribution in [1.82, 2.24) is 0 Å². The second-order valence-corrected chi connectivity index (χ2v) is 6.88. The summed E-state index contributed by atoms with van der Waals surface area (Å²) in [7, 11) is 0. The monoisotopic (exact) mass is 336 g/mol. The summed E-state index contributed by atoms with van der Waals surface area (Å²) >= 11 is 0. The number of hydrogen-bond donors (Lipinski definition) is 1. The number of cyclic esters (lactones) is 1. The van der Waals surface area contributed by atoms with Crippen LogP contribution in [0, 0.1) is 23.5 Å². The molecule has 1 unspecified atom stereocenters. The third-order valence-electron chi connectivity index (χ3n) is 5.31. The van der Waals surface area contributed by atoms with Gasteiger partial charge in [0, 0.05) is 12.5 Å². The highest BCUT2D eigenvalue weighted by Gasteiger charge is 2.48. The van der Waals surface area contributed by atoms with Gasteiger partial charge in [-0.1, -0.05) is 19.4 Å². The van der Waals surface area contributed by atoms with Gasteiger partial charge in [-0.05, 0) is 49.7 Å². The van der Waals surface area contributed by atoms with Gasteiger partial charge in [-0.15, -0.1) is 0 Å². The van der Waals surface area contributed by atoms with Crippen molar-refractivity contribution in [1.29, 1.82) is 0 Å². The molecule has 1 aliphatic carbocycles. The van der Waals surface area contributed by atoms with Gasteiger partial charge in [0.15, 0.2) is 0 Å². The molecule has 3 nitrogen and oxygen atoms in total. The van der Waals surface area contributed by atoms with E-state index in [0.717, 1.165) is 44.2 Å². The van der Waals surface area contributed by atoms with Crippen molar-refractivity contribution in [3.05, 3.63) is 41.0 Å². The molecule has 5 heteroatoms. The van der Waals surface area contributed by atoms with E-state index in [1.54, 1.807) is 0 Å². The first-order chi connectivity index (χ1) is 11.3. The van der Waals surface area contributed by atoms with Gasteiger partial charge < -0.3 is 9.84 Å². The zero-order valence-electron chi connectivity index (χ0n) is 13.9. The molecular formula is C19H22F2O3. The van der Waals surface area contributed by atoms with Crippen LogP contribution in [0.1, 0.15) is 51.5 Å². The summed E-state index contributed by atoms with van der Waals surface area (Å²) in [5.74, 6) is -3.80. The van der Waals surface area contributed by atoms with E-state index in [2.05, 4.69) is 6.92 Å². The topological polar surface area (TPSA) is 46.5 Å². The standard InChI is InChI=1S/C19H22F2O3/c1-3-11-7-9-12(10-8-11)17-16(18(22)24-19(17,2)23)15-13(20)5-4-6-14(15)21/h4-6,11-12,23H,3,7-10H2,1-2H3. The molecular weight excluding hydrogens is 314 g/mol. The quantitative estimate of drug-likeness (QED) is 0.842. The van der Waals surface area contributed by atoms with E-state index >= 15 is 0 Å². The average molecular weight is 336 g/mol. The summed E-state index contributed by atoms with van der Waals surface area (Å²) < 4.78 is 33.5. The highest BCUT2D eigenvalue weighted by Crippen LogP contribution is 2.47. The molecule has 0 bridgehead atoms. The van der Waals surface area contributed by atoms with Crippen molar-refractivity contribution in [3.8, 4) is 0 Å². The fourth-order valence-corrected chi connectivity index (χ4v) is 4.04. The Morgan fingerprint density at radius 3 is 2.33 bits per heavy atom. The number of aliphatic hydroxyl groups is 1. The lowest BCUT2D eigenvalue weighted by atomic mass is 9.74. The predicted octanol–water partition coefficient (Wildman–Crippen LogP) is 4.20. The molecule has 1 saturated carbocycles. The van der Waals surface area contributed by atoms with E-state index in [0.29, 0.717) is 11.5 Å². The second-order valence-electron chi connectivity index (χ2n) is 6.88. The van der Waals surface area contributed by atoms with Gasteiger partial charge in [0.05, 0.1) is 11.1 Å². The number of esters is 1. The number of carbonyl (C=O) groups is 1. The molecule has 0 amide bonds. The van der Waals surface area contributed by atoms with Crippen molar-refractivity contribution in [3.63, 3.8) is 0 Å². The number of rotatable bonds is 3. The fraction of sp³-hybridized carbons (Fsp3) is 0.526. The first-order valence-corrected chi connectivity index (χ1v) is 8.49. The molecule has 24 heavy (non-hydrogen) atoms. The molecule has 0 aromatic heterocycles. The van der Waals surface area contributed by atoms with Crippen LogP contribution in [0.25, 0.3) is 5.57 Å². The Balaban J connectivity index is 2.09. The van der Waals surface area contributed by atoms with Crippen LogP contribution < -0.4 is 0 Å². The van der Waals surface area contributed by atoms with Crippen LogP contribution >= 0.6 is 0 Å². The minimum Gasteiger partial charge on any atom is -0.426 e. The summed E-state index contributed by atoms with van der Waals surface area (Å²) in [6.45, 7) is 3.51. The minimum atomic E-state index is -1.81. The SMILES string of the molecule is CCC1CCC(C2=C(c3c(F)cccc3F)C(=O)OC2(C)O)CC1. The van der Waals surface area contributed by atoms with E-state index in [1.807, 2.05) is 0 Å². The molecule has 130 valence electrons. The maximum absolute atomic E-state index is 14.2. The minimum absolute atomic E-state index is 0.108. The highest BCUT2D eigenvalue weighted by atomic mass is 19.1. The zero-order chi connectivity index (χ0) is 17.5. The summed E-state index contributed by atoms with van der Waals surface area (Å²) in [6, 6.07) is 3.47. The first kappa shape index (κ1) is 17.1. The van der Waals surface area contributed by atoms with E-state index < -0.39 is 29.0 Å². The molecule has 1 atom stereocenters. The molecule has 3 rings (SSSR count). The van der Waals surface area contributed by atoms with Crippen LogP contribution in [0.4, 0.5) is 8.78 Å². The lowest BCUT2D eigenvalue weighted by Crippen LogP contribution is -2.32. The maximum Gasteiger partial charge on any atom is 0.341 e. The largest absolute Gasteiger partial charge is 0.426 e. The number of carbonyl (C=O) groups excluding carboxylic acids is 1. The smallest absolute Gasteiger partial charge is 0.341 e. The van der Waals surface area contributed by atoms with Crippen molar-refractivity contribution < 1.29 is 23.4 Å². The molecule has 0 saturated heterocycles. The number of benzene rings is 1. The number of ether oxygens (including phenoxy) is 1. The molecule has 1 heterocycles. The van der Waals surface area contributed by atoms with Gasteiger partial charge in [0.1, 0.15) is 11.6 Å². The molecule has 2 aliphatic rings. The average Bonchev–Trinajstić information content (AvgIpc) is 2.76. The summed E-state index contributed by atoms with van der Waals surface area (Å²) in [6.07, 6.45) is 4.59. The van der Waals surface area contributed by atoms with Gasteiger partial charge in [0.25, 0.3) is 0 Å². The van der Waals surface area contributed by atoms with Gasteiger partial charge in [-0.25, -0.2) is 13.6 Å².